The van der Waals surface area contributed by atoms with Gasteiger partial charge in [-0.15, -0.1) is 0 Å². The first kappa shape index (κ1) is 22.2. The lowest BCUT2D eigenvalue weighted by Gasteiger charge is -2.28. The predicted molar refractivity (Wildman–Crippen MR) is 120 cm³/mol. The summed E-state index contributed by atoms with van der Waals surface area (Å²) in [6.07, 6.45) is 1.70. The standard InChI is InChI=1S/C24H30N2O3S/c1-18-13-15-26(16-14-18)23(27)20-7-5-19(6-8-20)17-25-30(28,29)22-11-9-21(10-12-22)24(2,3)4/h5-12,25H,1,13-17H2,2-4H3. The Hall–Kier alpha value is -2.44. The average molecular weight is 427 g/mol. The summed E-state index contributed by atoms with van der Waals surface area (Å²) in [6, 6.07) is 14.1. The molecule has 1 heterocycles. The van der Waals surface area contributed by atoms with E-state index < -0.39 is 10.0 Å². The van der Waals surface area contributed by atoms with Crippen LogP contribution in [-0.2, 0) is 22.0 Å². The minimum Gasteiger partial charge on any atom is -0.338 e. The Morgan fingerprint density at radius 1 is 1.00 bits per heavy atom. The molecule has 0 bridgehead atoms. The number of piperidine rings is 1. The molecule has 2 aromatic carbocycles. The third-order valence-electron chi connectivity index (χ3n) is 5.46. The summed E-state index contributed by atoms with van der Waals surface area (Å²) in [4.78, 5) is 14.7. The van der Waals surface area contributed by atoms with E-state index in [2.05, 4.69) is 32.1 Å². The largest absolute Gasteiger partial charge is 0.338 e. The van der Waals surface area contributed by atoms with E-state index in [0.29, 0.717) is 18.7 Å². The number of sulfonamides is 1. The summed E-state index contributed by atoms with van der Waals surface area (Å²) >= 11 is 0. The van der Waals surface area contributed by atoms with Gasteiger partial charge in [-0.05, 0) is 53.6 Å². The van der Waals surface area contributed by atoms with Gasteiger partial charge in [0.05, 0.1) is 4.90 Å². The van der Waals surface area contributed by atoms with E-state index in [1.54, 1.807) is 36.4 Å². The van der Waals surface area contributed by atoms with Crippen LogP contribution in [0, 0.1) is 0 Å². The highest BCUT2D eigenvalue weighted by molar-refractivity contribution is 7.89. The van der Waals surface area contributed by atoms with Crippen LogP contribution in [-0.4, -0.2) is 32.3 Å². The van der Waals surface area contributed by atoms with Crippen molar-refractivity contribution in [1.82, 2.24) is 9.62 Å². The van der Waals surface area contributed by atoms with Crippen LogP contribution in [0.15, 0.2) is 65.6 Å². The Kier molecular flexibility index (Phi) is 6.48. The summed E-state index contributed by atoms with van der Waals surface area (Å²) in [5.74, 6) is 0.00793. The number of rotatable bonds is 5. The number of nitrogens with one attached hydrogen (secondary N) is 1. The minimum atomic E-state index is -3.60. The van der Waals surface area contributed by atoms with Crippen molar-refractivity contribution in [3.8, 4) is 0 Å². The molecule has 1 aliphatic heterocycles. The van der Waals surface area contributed by atoms with Gasteiger partial charge in [-0.1, -0.05) is 57.2 Å². The van der Waals surface area contributed by atoms with Crippen LogP contribution < -0.4 is 4.72 Å². The van der Waals surface area contributed by atoms with Crippen molar-refractivity contribution in [2.45, 2.75) is 50.5 Å². The first-order chi connectivity index (χ1) is 14.1. The summed E-state index contributed by atoms with van der Waals surface area (Å²) in [5, 5.41) is 0. The molecular weight excluding hydrogens is 396 g/mol. The fraction of sp³-hybridized carbons (Fsp3) is 0.375. The molecule has 1 aliphatic rings. The number of likely N-dealkylation sites (tertiary alicyclic amines) is 1. The fourth-order valence-corrected chi connectivity index (χ4v) is 4.39. The predicted octanol–water partition coefficient (Wildman–Crippen LogP) is 4.25. The number of hydrogen-bond acceptors (Lipinski definition) is 3. The number of carbonyl (C=O) groups excluding carboxylic acids is 1. The highest BCUT2D eigenvalue weighted by Gasteiger charge is 2.20. The SMILES string of the molecule is C=C1CCN(C(=O)c2ccc(CNS(=O)(=O)c3ccc(C(C)(C)C)cc3)cc2)CC1. The molecule has 5 nitrogen and oxygen atoms in total. The van der Waals surface area contributed by atoms with Crippen molar-refractivity contribution in [2.24, 2.45) is 0 Å². The van der Waals surface area contributed by atoms with E-state index >= 15 is 0 Å². The lowest BCUT2D eigenvalue weighted by Crippen LogP contribution is -2.36. The smallest absolute Gasteiger partial charge is 0.253 e. The maximum atomic E-state index is 12.6. The number of carbonyl (C=O) groups is 1. The second-order valence-corrected chi connectivity index (χ2v) is 10.6. The zero-order valence-electron chi connectivity index (χ0n) is 17.9. The lowest BCUT2D eigenvalue weighted by atomic mass is 9.87. The molecule has 160 valence electrons. The van der Waals surface area contributed by atoms with E-state index in [1.807, 2.05) is 17.0 Å². The molecule has 0 aliphatic carbocycles. The Morgan fingerprint density at radius 2 is 1.57 bits per heavy atom. The Bertz CT molecular complexity index is 1010. The second-order valence-electron chi connectivity index (χ2n) is 8.84. The molecule has 0 unspecified atom stereocenters. The van der Waals surface area contributed by atoms with Gasteiger partial charge in [0, 0.05) is 25.2 Å². The Labute approximate surface area is 179 Å². The molecule has 0 spiro atoms. The Morgan fingerprint density at radius 3 is 2.10 bits per heavy atom. The van der Waals surface area contributed by atoms with Crippen molar-refractivity contribution in [3.63, 3.8) is 0 Å². The maximum absolute atomic E-state index is 12.6. The molecule has 0 saturated carbocycles. The van der Waals surface area contributed by atoms with E-state index in [1.165, 1.54) is 5.57 Å². The van der Waals surface area contributed by atoms with Crippen molar-refractivity contribution >= 4 is 15.9 Å². The maximum Gasteiger partial charge on any atom is 0.253 e. The zero-order chi connectivity index (χ0) is 21.9. The number of amides is 1. The van der Waals surface area contributed by atoms with E-state index in [9.17, 15) is 13.2 Å². The molecule has 1 amide bonds. The number of benzene rings is 2. The summed E-state index contributed by atoms with van der Waals surface area (Å²) < 4.78 is 27.8. The molecule has 3 rings (SSSR count). The molecule has 2 aromatic rings. The molecule has 1 N–H and O–H groups in total. The van der Waals surface area contributed by atoms with Gasteiger partial charge in [0.15, 0.2) is 0 Å². The minimum absolute atomic E-state index is 0.00793. The van der Waals surface area contributed by atoms with Gasteiger partial charge in [-0.25, -0.2) is 13.1 Å². The van der Waals surface area contributed by atoms with Crippen molar-refractivity contribution in [1.29, 1.82) is 0 Å². The van der Waals surface area contributed by atoms with Crippen molar-refractivity contribution in [2.75, 3.05) is 13.1 Å². The van der Waals surface area contributed by atoms with Crippen LogP contribution in [0.1, 0.15) is 55.1 Å². The van der Waals surface area contributed by atoms with Crippen LogP contribution in [0.4, 0.5) is 0 Å². The third-order valence-corrected chi connectivity index (χ3v) is 6.87. The molecule has 0 atom stereocenters. The second kappa shape index (κ2) is 8.74. The van der Waals surface area contributed by atoms with Crippen LogP contribution >= 0.6 is 0 Å². The molecule has 6 heteroatoms. The molecule has 0 radical (unpaired) electrons. The topological polar surface area (TPSA) is 66.5 Å². The van der Waals surface area contributed by atoms with Gasteiger partial charge in [0.2, 0.25) is 10.0 Å². The highest BCUT2D eigenvalue weighted by atomic mass is 32.2. The van der Waals surface area contributed by atoms with E-state index in [-0.39, 0.29) is 22.8 Å². The van der Waals surface area contributed by atoms with Gasteiger partial charge in [0.1, 0.15) is 0 Å². The first-order valence-electron chi connectivity index (χ1n) is 10.2. The summed E-state index contributed by atoms with van der Waals surface area (Å²) in [5.41, 5.74) is 3.66. The van der Waals surface area contributed by atoms with Crippen molar-refractivity contribution in [3.05, 3.63) is 77.4 Å². The van der Waals surface area contributed by atoms with Gasteiger partial charge in [0.25, 0.3) is 5.91 Å². The van der Waals surface area contributed by atoms with Gasteiger partial charge in [-0.3, -0.25) is 4.79 Å². The van der Waals surface area contributed by atoms with Gasteiger partial charge in [-0.2, -0.15) is 0 Å². The molecule has 0 aromatic heterocycles. The molecule has 30 heavy (non-hydrogen) atoms. The monoisotopic (exact) mass is 426 g/mol. The quantitative estimate of drug-likeness (QED) is 0.727. The molecule has 1 saturated heterocycles. The van der Waals surface area contributed by atoms with Gasteiger partial charge >= 0.3 is 0 Å². The summed E-state index contributed by atoms with van der Waals surface area (Å²) in [6.45, 7) is 11.8. The normalized spacial score (nSPS) is 15.3. The van der Waals surface area contributed by atoms with Crippen LogP contribution in [0.5, 0.6) is 0 Å². The number of hydrogen-bond donors (Lipinski definition) is 1. The van der Waals surface area contributed by atoms with Crippen LogP contribution in [0.25, 0.3) is 0 Å². The zero-order valence-corrected chi connectivity index (χ0v) is 18.8. The van der Waals surface area contributed by atoms with Crippen LogP contribution in [0.3, 0.4) is 0 Å². The number of nitrogens with zero attached hydrogens (tertiary/aromatic N) is 1. The summed E-state index contributed by atoms with van der Waals surface area (Å²) in [7, 11) is -3.60. The molecule has 1 fully saturated rings. The first-order valence-corrected chi connectivity index (χ1v) is 11.7. The average Bonchev–Trinajstić information content (AvgIpc) is 2.72. The Balaban J connectivity index is 1.61. The van der Waals surface area contributed by atoms with Crippen molar-refractivity contribution < 1.29 is 13.2 Å². The van der Waals surface area contributed by atoms with E-state index in [0.717, 1.165) is 24.0 Å². The molecular formula is C24H30N2O3S. The lowest BCUT2D eigenvalue weighted by molar-refractivity contribution is 0.0744. The van der Waals surface area contributed by atoms with Crippen LogP contribution in [0.2, 0.25) is 0 Å². The highest BCUT2D eigenvalue weighted by Crippen LogP contribution is 2.23. The van der Waals surface area contributed by atoms with E-state index in [4.69, 9.17) is 0 Å². The third kappa shape index (κ3) is 5.37. The van der Waals surface area contributed by atoms with Gasteiger partial charge < -0.3 is 4.90 Å². The fourth-order valence-electron chi connectivity index (χ4n) is 3.37.